The van der Waals surface area contributed by atoms with Crippen LogP contribution in [0.25, 0.3) is 0 Å². The van der Waals surface area contributed by atoms with Gasteiger partial charge in [0.25, 0.3) is 0 Å². The molecule has 1 atom stereocenters. The van der Waals surface area contributed by atoms with Gasteiger partial charge < -0.3 is 5.11 Å². The van der Waals surface area contributed by atoms with E-state index in [0.717, 1.165) is 0 Å². The molecule has 0 bridgehead atoms. The molecule has 0 saturated carbocycles. The average molecular weight is 153 g/mol. The van der Waals surface area contributed by atoms with Gasteiger partial charge in [0.1, 0.15) is 0 Å². The lowest BCUT2D eigenvalue weighted by Crippen LogP contribution is -2.23. The van der Waals surface area contributed by atoms with E-state index in [-0.39, 0.29) is 18.3 Å². The van der Waals surface area contributed by atoms with E-state index in [4.69, 9.17) is 5.11 Å². The first kappa shape index (κ1) is 8.87. The summed E-state index contributed by atoms with van der Waals surface area (Å²) in [6.07, 6.45) is 0. The van der Waals surface area contributed by atoms with Gasteiger partial charge in [-0.05, 0) is 5.92 Å². The van der Waals surface area contributed by atoms with Crippen LogP contribution in [0.4, 0.5) is 0 Å². The summed E-state index contributed by atoms with van der Waals surface area (Å²) in [5.74, 6) is -0.413. The first-order valence-electron chi connectivity index (χ1n) is 2.57. The number of aliphatic hydroxyl groups is 1. The van der Waals surface area contributed by atoms with Crippen LogP contribution in [-0.4, -0.2) is 25.9 Å². The molecule has 0 fully saturated rings. The van der Waals surface area contributed by atoms with Crippen molar-refractivity contribution in [3.8, 4) is 0 Å². The highest BCUT2D eigenvalue weighted by Gasteiger charge is 2.08. The van der Waals surface area contributed by atoms with Crippen molar-refractivity contribution in [2.45, 2.75) is 6.92 Å². The molecule has 0 amide bonds. The molecule has 9 heavy (non-hydrogen) atoms. The Bertz CT molecular complexity index is 163. The van der Waals surface area contributed by atoms with Gasteiger partial charge in [0.15, 0.2) is 0 Å². The molecule has 0 unspecified atom stereocenters. The molecular formula is C4H11NO3S. The van der Waals surface area contributed by atoms with Gasteiger partial charge in [-0.2, -0.15) is 0 Å². The summed E-state index contributed by atoms with van der Waals surface area (Å²) in [6, 6.07) is 0. The van der Waals surface area contributed by atoms with Crippen molar-refractivity contribution < 1.29 is 13.5 Å². The summed E-state index contributed by atoms with van der Waals surface area (Å²) in [4.78, 5) is 0. The van der Waals surface area contributed by atoms with E-state index in [9.17, 15) is 8.42 Å². The fourth-order valence-electron chi connectivity index (χ4n) is 0.449. The molecule has 5 heteroatoms. The molecule has 0 heterocycles. The summed E-state index contributed by atoms with van der Waals surface area (Å²) in [5.41, 5.74) is 0. The number of aliphatic hydroxyl groups excluding tert-OH is 1. The van der Waals surface area contributed by atoms with E-state index in [1.54, 1.807) is 6.92 Å². The molecule has 4 nitrogen and oxygen atoms in total. The van der Waals surface area contributed by atoms with Gasteiger partial charge in [-0.25, -0.2) is 13.6 Å². The maximum Gasteiger partial charge on any atom is 0.209 e. The maximum atomic E-state index is 10.3. The molecule has 0 spiro atoms. The van der Waals surface area contributed by atoms with Gasteiger partial charge >= 0.3 is 0 Å². The smallest absolute Gasteiger partial charge is 0.209 e. The molecule has 0 rings (SSSR count). The molecule has 0 aliphatic heterocycles. The van der Waals surface area contributed by atoms with Crippen LogP contribution in [-0.2, 0) is 10.0 Å². The van der Waals surface area contributed by atoms with Crippen molar-refractivity contribution >= 4 is 10.0 Å². The lowest BCUT2D eigenvalue weighted by Gasteiger charge is -2.03. The van der Waals surface area contributed by atoms with Gasteiger partial charge in [-0.15, -0.1) is 0 Å². The Kier molecular flexibility index (Phi) is 3.10. The second-order valence-corrected chi connectivity index (χ2v) is 3.78. The molecule has 0 aliphatic rings. The molecule has 0 aromatic carbocycles. The maximum absolute atomic E-state index is 10.3. The van der Waals surface area contributed by atoms with Crippen molar-refractivity contribution in [1.29, 1.82) is 0 Å². The molecule has 0 saturated heterocycles. The zero-order valence-electron chi connectivity index (χ0n) is 5.24. The Morgan fingerprint density at radius 3 is 2.22 bits per heavy atom. The Balaban J connectivity index is 3.75. The van der Waals surface area contributed by atoms with E-state index in [2.05, 4.69) is 5.14 Å². The second kappa shape index (κ2) is 3.14. The number of hydrogen-bond acceptors (Lipinski definition) is 3. The number of rotatable bonds is 3. The molecule has 0 aliphatic carbocycles. The quantitative estimate of drug-likeness (QED) is 0.540. The minimum Gasteiger partial charge on any atom is -0.396 e. The van der Waals surface area contributed by atoms with E-state index < -0.39 is 10.0 Å². The minimum atomic E-state index is -3.40. The molecule has 56 valence electrons. The largest absolute Gasteiger partial charge is 0.396 e. The summed E-state index contributed by atoms with van der Waals surface area (Å²) >= 11 is 0. The fraction of sp³-hybridized carbons (Fsp3) is 1.00. The van der Waals surface area contributed by atoms with Crippen LogP contribution < -0.4 is 5.14 Å². The number of hydrogen-bond donors (Lipinski definition) is 2. The van der Waals surface area contributed by atoms with Crippen LogP contribution in [0.5, 0.6) is 0 Å². The SMILES string of the molecule is C[C@H](CO)CS(N)(=O)=O. The summed E-state index contributed by atoms with van der Waals surface area (Å²) in [7, 11) is -3.40. The first-order chi connectivity index (χ1) is 3.95. The standard InChI is InChI=1S/C4H11NO3S/c1-4(2-6)3-9(5,7)8/h4,6H,2-3H2,1H3,(H2,5,7,8)/t4-/m1/s1. The fourth-order valence-corrected chi connectivity index (χ4v) is 1.35. The number of nitrogens with two attached hydrogens (primary N) is 1. The van der Waals surface area contributed by atoms with Crippen molar-refractivity contribution in [3.05, 3.63) is 0 Å². The van der Waals surface area contributed by atoms with Crippen LogP contribution in [0.15, 0.2) is 0 Å². The third kappa shape index (κ3) is 5.75. The highest BCUT2D eigenvalue weighted by Crippen LogP contribution is 1.94. The minimum absolute atomic E-state index is 0.142. The Morgan fingerprint density at radius 2 is 2.11 bits per heavy atom. The lowest BCUT2D eigenvalue weighted by atomic mass is 10.2. The van der Waals surface area contributed by atoms with Gasteiger partial charge in [0, 0.05) is 6.61 Å². The zero-order chi connectivity index (χ0) is 7.49. The van der Waals surface area contributed by atoms with Gasteiger partial charge in [-0.3, -0.25) is 0 Å². The molecule has 0 aromatic heterocycles. The van der Waals surface area contributed by atoms with E-state index in [0.29, 0.717) is 0 Å². The summed E-state index contributed by atoms with van der Waals surface area (Å²) < 4.78 is 20.5. The highest BCUT2D eigenvalue weighted by atomic mass is 32.2. The van der Waals surface area contributed by atoms with Crippen LogP contribution in [0.1, 0.15) is 6.92 Å². The Hall–Kier alpha value is -0.130. The molecular weight excluding hydrogens is 142 g/mol. The van der Waals surface area contributed by atoms with Crippen molar-refractivity contribution in [3.63, 3.8) is 0 Å². The van der Waals surface area contributed by atoms with Crippen molar-refractivity contribution in [2.75, 3.05) is 12.4 Å². The zero-order valence-corrected chi connectivity index (χ0v) is 6.06. The second-order valence-electron chi connectivity index (χ2n) is 2.12. The van der Waals surface area contributed by atoms with Crippen LogP contribution >= 0.6 is 0 Å². The third-order valence-corrected chi connectivity index (χ3v) is 1.86. The highest BCUT2D eigenvalue weighted by molar-refractivity contribution is 7.89. The first-order valence-corrected chi connectivity index (χ1v) is 4.28. The van der Waals surface area contributed by atoms with Crippen LogP contribution in [0, 0.1) is 5.92 Å². The van der Waals surface area contributed by atoms with E-state index in [1.165, 1.54) is 0 Å². The molecule has 0 aromatic rings. The molecule has 0 radical (unpaired) electrons. The predicted molar refractivity (Wildman–Crippen MR) is 34.2 cm³/mol. The van der Waals surface area contributed by atoms with Gasteiger partial charge in [0.2, 0.25) is 10.0 Å². The van der Waals surface area contributed by atoms with Crippen molar-refractivity contribution in [1.82, 2.24) is 0 Å². The Labute approximate surface area is 54.7 Å². The van der Waals surface area contributed by atoms with Gasteiger partial charge in [0.05, 0.1) is 5.75 Å². The van der Waals surface area contributed by atoms with Crippen LogP contribution in [0.2, 0.25) is 0 Å². The molecule has 3 N–H and O–H groups in total. The number of primary sulfonamides is 1. The Morgan fingerprint density at radius 1 is 1.67 bits per heavy atom. The monoisotopic (exact) mass is 153 g/mol. The van der Waals surface area contributed by atoms with Crippen molar-refractivity contribution in [2.24, 2.45) is 11.1 Å². The van der Waals surface area contributed by atoms with E-state index >= 15 is 0 Å². The van der Waals surface area contributed by atoms with Crippen LogP contribution in [0.3, 0.4) is 0 Å². The normalized spacial score (nSPS) is 15.4. The topological polar surface area (TPSA) is 80.4 Å². The lowest BCUT2D eigenvalue weighted by molar-refractivity contribution is 0.249. The predicted octanol–water partition coefficient (Wildman–Crippen LogP) is -1.10. The van der Waals surface area contributed by atoms with Gasteiger partial charge in [-0.1, -0.05) is 6.92 Å². The third-order valence-electron chi connectivity index (χ3n) is 0.828. The number of sulfonamides is 1. The van der Waals surface area contributed by atoms with E-state index in [1.807, 2.05) is 0 Å². The summed E-state index contributed by atoms with van der Waals surface area (Å²) in [5, 5.41) is 13.1. The average Bonchev–Trinajstić information content (AvgIpc) is 1.62. The summed E-state index contributed by atoms with van der Waals surface area (Å²) in [6.45, 7) is 1.47.